The molecule has 0 aliphatic rings. The van der Waals surface area contributed by atoms with Gasteiger partial charge in [0.2, 0.25) is 0 Å². The lowest BCUT2D eigenvalue weighted by molar-refractivity contribution is -0.129. The van der Waals surface area contributed by atoms with Crippen LogP contribution in [0.3, 0.4) is 0 Å². The molecule has 0 aromatic heterocycles. The molecule has 5 N–H and O–H groups in total. The second-order valence-corrected chi connectivity index (χ2v) is 5.61. The van der Waals surface area contributed by atoms with E-state index in [1.165, 1.54) is 24.3 Å². The molecule has 0 aliphatic heterocycles. The van der Waals surface area contributed by atoms with Crippen LogP contribution in [0.25, 0.3) is 0 Å². The van der Waals surface area contributed by atoms with Crippen molar-refractivity contribution in [2.45, 2.75) is 25.5 Å². The summed E-state index contributed by atoms with van der Waals surface area (Å²) in [5.41, 5.74) is 11.2. The van der Waals surface area contributed by atoms with Crippen LogP contribution in [0.15, 0.2) is 24.3 Å². The number of carbonyl (C=O) groups is 1. The van der Waals surface area contributed by atoms with Crippen molar-refractivity contribution in [3.05, 3.63) is 30.1 Å². The predicted octanol–water partition coefficient (Wildman–Crippen LogP) is 1.10. The van der Waals surface area contributed by atoms with Gasteiger partial charge in [0.25, 0.3) is 5.91 Å². The van der Waals surface area contributed by atoms with Gasteiger partial charge in [0.15, 0.2) is 0 Å². The zero-order valence-electron chi connectivity index (χ0n) is 11.3. The van der Waals surface area contributed by atoms with E-state index in [1.54, 1.807) is 11.8 Å². The molecule has 0 heterocycles. The molecule has 2 atom stereocenters. The Labute approximate surface area is 122 Å². The number of hydrogen-bond acceptors (Lipinski definition) is 5. The molecule has 0 radical (unpaired) electrons. The van der Waals surface area contributed by atoms with E-state index in [9.17, 15) is 14.3 Å². The molecule has 7 heteroatoms. The largest absolute Gasteiger partial charge is 0.382 e. The SMILES string of the molecule is CCSCC[C@@H](N)C(O)C(=O)NNc1ccc(F)cc1. The molecule has 1 amide bonds. The molecule has 0 fully saturated rings. The van der Waals surface area contributed by atoms with E-state index in [-0.39, 0.29) is 5.82 Å². The minimum atomic E-state index is -1.28. The number of hydrogen-bond donors (Lipinski definition) is 4. The van der Waals surface area contributed by atoms with Crippen molar-refractivity contribution >= 4 is 23.4 Å². The number of aliphatic hydroxyl groups excluding tert-OH is 1. The molecule has 112 valence electrons. The van der Waals surface area contributed by atoms with Crippen molar-refractivity contribution in [3.8, 4) is 0 Å². The minimum absolute atomic E-state index is 0.364. The van der Waals surface area contributed by atoms with Crippen molar-refractivity contribution < 1.29 is 14.3 Å². The van der Waals surface area contributed by atoms with Crippen molar-refractivity contribution in [2.75, 3.05) is 16.9 Å². The van der Waals surface area contributed by atoms with Crippen LogP contribution in [0.1, 0.15) is 13.3 Å². The van der Waals surface area contributed by atoms with E-state index in [0.717, 1.165) is 11.5 Å². The molecule has 5 nitrogen and oxygen atoms in total. The Morgan fingerprint density at radius 3 is 2.70 bits per heavy atom. The number of benzene rings is 1. The first kappa shape index (κ1) is 16.7. The van der Waals surface area contributed by atoms with Gasteiger partial charge in [-0.2, -0.15) is 11.8 Å². The van der Waals surface area contributed by atoms with Gasteiger partial charge in [-0.05, 0) is 42.2 Å². The third-order valence-corrected chi connectivity index (χ3v) is 3.58. The highest BCUT2D eigenvalue weighted by molar-refractivity contribution is 7.99. The van der Waals surface area contributed by atoms with Crippen molar-refractivity contribution in [1.29, 1.82) is 0 Å². The molecule has 1 aromatic carbocycles. The average molecular weight is 301 g/mol. The summed E-state index contributed by atoms with van der Waals surface area (Å²) in [5.74, 6) is 0.801. The van der Waals surface area contributed by atoms with Gasteiger partial charge in [-0.25, -0.2) is 4.39 Å². The van der Waals surface area contributed by atoms with Gasteiger partial charge in [-0.1, -0.05) is 6.92 Å². The molecule has 0 saturated carbocycles. The van der Waals surface area contributed by atoms with Crippen LogP contribution in [0.4, 0.5) is 10.1 Å². The number of thioether (sulfide) groups is 1. The Morgan fingerprint density at radius 2 is 2.10 bits per heavy atom. The Kier molecular flexibility index (Phi) is 7.35. The fourth-order valence-electron chi connectivity index (χ4n) is 1.46. The van der Waals surface area contributed by atoms with Crippen LogP contribution in [-0.2, 0) is 4.79 Å². The Hall–Kier alpha value is -1.31. The number of carbonyl (C=O) groups excluding carboxylic acids is 1. The van der Waals surface area contributed by atoms with E-state index in [1.807, 2.05) is 6.92 Å². The van der Waals surface area contributed by atoms with E-state index in [0.29, 0.717) is 12.1 Å². The minimum Gasteiger partial charge on any atom is -0.382 e. The number of halogens is 1. The van der Waals surface area contributed by atoms with Crippen LogP contribution >= 0.6 is 11.8 Å². The zero-order valence-corrected chi connectivity index (χ0v) is 12.1. The number of hydrazine groups is 1. The van der Waals surface area contributed by atoms with Gasteiger partial charge in [-0.3, -0.25) is 15.6 Å². The van der Waals surface area contributed by atoms with Crippen LogP contribution < -0.4 is 16.6 Å². The van der Waals surface area contributed by atoms with E-state index in [4.69, 9.17) is 5.73 Å². The van der Waals surface area contributed by atoms with Crippen molar-refractivity contribution in [1.82, 2.24) is 5.43 Å². The summed E-state index contributed by atoms with van der Waals surface area (Å²) in [6, 6.07) is 4.86. The standard InChI is InChI=1S/C13H20FN3O2S/c1-2-20-8-7-11(15)12(18)13(19)17-16-10-5-3-9(14)4-6-10/h3-6,11-12,16,18H,2,7-8,15H2,1H3,(H,17,19)/t11-,12?/m1/s1. The maximum absolute atomic E-state index is 12.7. The van der Waals surface area contributed by atoms with E-state index < -0.39 is 18.1 Å². The maximum Gasteiger partial charge on any atom is 0.268 e. The van der Waals surface area contributed by atoms with Gasteiger partial charge in [0, 0.05) is 6.04 Å². The molecule has 1 unspecified atom stereocenters. The lowest BCUT2D eigenvalue weighted by atomic mass is 10.1. The first-order valence-electron chi connectivity index (χ1n) is 6.37. The monoisotopic (exact) mass is 301 g/mol. The number of anilines is 1. The summed E-state index contributed by atoms with van der Waals surface area (Å²) in [6.45, 7) is 2.03. The second-order valence-electron chi connectivity index (χ2n) is 4.22. The first-order valence-corrected chi connectivity index (χ1v) is 7.53. The lowest BCUT2D eigenvalue weighted by Crippen LogP contribution is -2.48. The third-order valence-electron chi connectivity index (χ3n) is 2.65. The molecule has 20 heavy (non-hydrogen) atoms. The van der Waals surface area contributed by atoms with Gasteiger partial charge in [0.1, 0.15) is 11.9 Å². The molecular formula is C13H20FN3O2S. The Morgan fingerprint density at radius 1 is 1.45 bits per heavy atom. The van der Waals surface area contributed by atoms with Gasteiger partial charge in [0.05, 0.1) is 5.69 Å². The molecular weight excluding hydrogens is 281 g/mol. The van der Waals surface area contributed by atoms with Gasteiger partial charge >= 0.3 is 0 Å². The third kappa shape index (κ3) is 5.77. The fourth-order valence-corrected chi connectivity index (χ4v) is 2.18. The highest BCUT2D eigenvalue weighted by Crippen LogP contribution is 2.08. The van der Waals surface area contributed by atoms with Crippen LogP contribution in [0.5, 0.6) is 0 Å². The molecule has 0 saturated heterocycles. The average Bonchev–Trinajstić information content (AvgIpc) is 2.45. The molecule has 1 aromatic rings. The molecule has 0 aliphatic carbocycles. The first-order chi connectivity index (χ1) is 9.54. The fraction of sp³-hybridized carbons (Fsp3) is 0.462. The highest BCUT2D eigenvalue weighted by atomic mass is 32.2. The molecule has 0 spiro atoms. The molecule has 1 rings (SSSR count). The normalized spacial score (nSPS) is 13.6. The summed E-state index contributed by atoms with van der Waals surface area (Å²) in [7, 11) is 0. The smallest absolute Gasteiger partial charge is 0.268 e. The number of nitrogens with two attached hydrogens (primary N) is 1. The zero-order chi connectivity index (χ0) is 15.0. The topological polar surface area (TPSA) is 87.4 Å². The summed E-state index contributed by atoms with van der Waals surface area (Å²) in [4.78, 5) is 11.7. The maximum atomic E-state index is 12.7. The highest BCUT2D eigenvalue weighted by Gasteiger charge is 2.22. The Bertz CT molecular complexity index is 417. The van der Waals surface area contributed by atoms with Crippen molar-refractivity contribution in [3.63, 3.8) is 0 Å². The van der Waals surface area contributed by atoms with Gasteiger partial charge < -0.3 is 10.8 Å². The van der Waals surface area contributed by atoms with Gasteiger partial charge in [-0.15, -0.1) is 0 Å². The Balaban J connectivity index is 2.35. The summed E-state index contributed by atoms with van der Waals surface area (Å²) >= 11 is 1.70. The quantitative estimate of drug-likeness (QED) is 0.427. The van der Waals surface area contributed by atoms with Crippen LogP contribution in [0, 0.1) is 5.82 Å². The van der Waals surface area contributed by atoms with E-state index >= 15 is 0 Å². The number of nitrogens with one attached hydrogen (secondary N) is 2. The van der Waals surface area contributed by atoms with Crippen molar-refractivity contribution in [2.24, 2.45) is 5.73 Å². The summed E-state index contributed by atoms with van der Waals surface area (Å²) < 4.78 is 12.7. The second kappa shape index (κ2) is 8.78. The number of amides is 1. The summed E-state index contributed by atoms with van der Waals surface area (Å²) in [5, 5.41) is 9.76. The lowest BCUT2D eigenvalue weighted by Gasteiger charge is -2.18. The van der Waals surface area contributed by atoms with Crippen LogP contribution in [-0.4, -0.2) is 34.7 Å². The van der Waals surface area contributed by atoms with E-state index in [2.05, 4.69) is 10.9 Å². The number of rotatable bonds is 8. The predicted molar refractivity (Wildman–Crippen MR) is 79.8 cm³/mol. The van der Waals surface area contributed by atoms with Crippen LogP contribution in [0.2, 0.25) is 0 Å². The summed E-state index contributed by atoms with van der Waals surface area (Å²) in [6.07, 6.45) is -0.718. The number of aliphatic hydroxyl groups is 1. The molecule has 0 bridgehead atoms.